The predicted molar refractivity (Wildman–Crippen MR) is 119 cm³/mol. The van der Waals surface area contributed by atoms with Gasteiger partial charge in [-0.1, -0.05) is 60.7 Å². The number of alkyl carbamates (subject to hydrolysis) is 1. The van der Waals surface area contributed by atoms with Crippen molar-refractivity contribution < 1.29 is 28.2 Å². The van der Waals surface area contributed by atoms with Crippen LogP contribution in [0.4, 0.5) is 4.79 Å². The fraction of sp³-hybridized carbons (Fsp3) is 0.391. The van der Waals surface area contributed by atoms with Crippen LogP contribution in [-0.2, 0) is 29.8 Å². The first kappa shape index (κ1) is 24.6. The maximum absolute atomic E-state index is 12.5. The Kier molecular flexibility index (Phi) is 10.3. The number of nitrogens with one attached hydrogen (secondary N) is 1. The van der Waals surface area contributed by atoms with Gasteiger partial charge in [-0.3, -0.25) is 14.7 Å². The topological polar surface area (TPSA) is 90.9 Å². The first-order chi connectivity index (χ1) is 14.9. The van der Waals surface area contributed by atoms with Crippen molar-refractivity contribution in [1.82, 2.24) is 5.32 Å². The van der Waals surface area contributed by atoms with Gasteiger partial charge in [0.2, 0.25) is 0 Å². The van der Waals surface area contributed by atoms with Gasteiger partial charge in [0.25, 0.3) is 0 Å². The Balaban J connectivity index is 1.81. The van der Waals surface area contributed by atoms with E-state index in [2.05, 4.69) is 5.32 Å². The van der Waals surface area contributed by atoms with Gasteiger partial charge < -0.3 is 14.0 Å². The van der Waals surface area contributed by atoms with E-state index >= 15 is 0 Å². The molecule has 0 saturated carbocycles. The first-order valence-electron chi connectivity index (χ1n) is 10.2. The predicted octanol–water partition coefficient (Wildman–Crippen LogP) is 4.73. The molecule has 4 unspecified atom stereocenters. The summed E-state index contributed by atoms with van der Waals surface area (Å²) < 4.78 is 28.1. The van der Waals surface area contributed by atoms with Crippen molar-refractivity contribution in [2.75, 3.05) is 13.3 Å². The van der Waals surface area contributed by atoms with E-state index < -0.39 is 38.3 Å². The zero-order chi connectivity index (χ0) is 22.6. The average Bonchev–Trinajstić information content (AvgIpc) is 2.77. The van der Waals surface area contributed by atoms with Gasteiger partial charge in [0.15, 0.2) is 8.03 Å². The monoisotopic (exact) mass is 447 g/mol. The van der Waals surface area contributed by atoms with Crippen LogP contribution < -0.4 is 5.32 Å². The summed E-state index contributed by atoms with van der Waals surface area (Å²) in [5.41, 5.74) is 1.95. The molecule has 31 heavy (non-hydrogen) atoms. The van der Waals surface area contributed by atoms with Gasteiger partial charge in [-0.05, 0) is 37.8 Å². The highest BCUT2D eigenvalue weighted by molar-refractivity contribution is 7.39. The fourth-order valence-electron chi connectivity index (χ4n) is 3.08. The third-order valence-corrected chi connectivity index (χ3v) is 6.20. The highest BCUT2D eigenvalue weighted by Crippen LogP contribution is 2.30. The smallest absolute Gasteiger partial charge is 0.409 e. The molecule has 1 N–H and O–H groups in total. The Hall–Kier alpha value is -2.63. The van der Waals surface area contributed by atoms with Crippen LogP contribution in [0.2, 0.25) is 0 Å². The molecular formula is C23H30NO6P. The number of aryl methyl sites for hydroxylation is 1. The van der Waals surface area contributed by atoms with E-state index in [1.165, 1.54) is 7.11 Å². The van der Waals surface area contributed by atoms with Crippen molar-refractivity contribution in [3.05, 3.63) is 71.8 Å². The molecule has 2 aromatic carbocycles. The number of esters is 1. The lowest BCUT2D eigenvalue weighted by Gasteiger charge is -2.19. The van der Waals surface area contributed by atoms with Crippen molar-refractivity contribution in [2.24, 2.45) is 5.92 Å². The molecule has 0 radical (unpaired) electrons. The lowest BCUT2D eigenvalue weighted by Crippen LogP contribution is -2.34. The molecule has 1 amide bonds. The molecule has 0 aliphatic heterocycles. The summed E-state index contributed by atoms with van der Waals surface area (Å²) in [4.78, 5) is 24.2. The number of carbonyl (C=O) groups is 2. The van der Waals surface area contributed by atoms with Crippen molar-refractivity contribution >= 4 is 20.1 Å². The van der Waals surface area contributed by atoms with E-state index in [4.69, 9.17) is 14.0 Å². The number of amides is 1. The summed E-state index contributed by atoms with van der Waals surface area (Å²) in [7, 11) is -1.28. The van der Waals surface area contributed by atoms with Crippen molar-refractivity contribution in [2.45, 2.75) is 39.0 Å². The summed E-state index contributed by atoms with van der Waals surface area (Å²) in [5, 5.41) is 2.51. The molecule has 168 valence electrons. The molecule has 0 aliphatic carbocycles. The van der Waals surface area contributed by atoms with E-state index in [1.807, 2.05) is 60.7 Å². The molecular weight excluding hydrogens is 417 g/mol. The number of carbonyl (C=O) groups excluding carboxylic acids is 2. The molecule has 7 nitrogen and oxygen atoms in total. The van der Waals surface area contributed by atoms with Crippen LogP contribution in [0.1, 0.15) is 37.5 Å². The van der Waals surface area contributed by atoms with Crippen LogP contribution in [0.15, 0.2) is 60.7 Å². The molecule has 0 fully saturated rings. The zero-order valence-corrected chi connectivity index (χ0v) is 19.1. The SMILES string of the molecule is COC(=O)C(CCc1ccccc1)C[PH](=O)OC(C)NC(=O)OC(C)c1ccccc1. The average molecular weight is 447 g/mol. The van der Waals surface area contributed by atoms with Crippen LogP contribution in [-0.4, -0.2) is 31.6 Å². The highest BCUT2D eigenvalue weighted by atomic mass is 31.1. The van der Waals surface area contributed by atoms with E-state index in [0.29, 0.717) is 12.8 Å². The Morgan fingerprint density at radius 3 is 2.23 bits per heavy atom. The Morgan fingerprint density at radius 1 is 1.00 bits per heavy atom. The minimum atomic E-state index is -2.59. The molecule has 4 atom stereocenters. The van der Waals surface area contributed by atoms with Crippen molar-refractivity contribution in [3.8, 4) is 0 Å². The quantitative estimate of drug-likeness (QED) is 0.304. The molecule has 0 aliphatic rings. The molecule has 0 aromatic heterocycles. The highest BCUT2D eigenvalue weighted by Gasteiger charge is 2.24. The van der Waals surface area contributed by atoms with Crippen LogP contribution in [0, 0.1) is 5.92 Å². The molecule has 0 saturated heterocycles. The molecule has 0 spiro atoms. The molecule has 2 rings (SSSR count). The summed E-state index contributed by atoms with van der Waals surface area (Å²) in [5.74, 6) is -0.969. The Bertz CT molecular complexity index is 846. The van der Waals surface area contributed by atoms with Crippen LogP contribution in [0.3, 0.4) is 0 Å². The van der Waals surface area contributed by atoms with E-state index in [9.17, 15) is 14.2 Å². The zero-order valence-electron chi connectivity index (χ0n) is 18.1. The summed E-state index contributed by atoms with van der Waals surface area (Å²) in [6.07, 6.45) is -0.734. The number of hydrogen-bond acceptors (Lipinski definition) is 6. The second kappa shape index (κ2) is 12.9. The van der Waals surface area contributed by atoms with Gasteiger partial charge in [0.05, 0.1) is 13.0 Å². The number of rotatable bonds is 11. The third kappa shape index (κ3) is 8.95. The van der Waals surface area contributed by atoms with Gasteiger partial charge in [-0.15, -0.1) is 0 Å². The second-order valence-electron chi connectivity index (χ2n) is 7.18. The minimum Gasteiger partial charge on any atom is -0.469 e. The molecule has 8 heteroatoms. The first-order valence-corrected chi connectivity index (χ1v) is 11.7. The standard InChI is InChI=1S/C23H30NO6P/c1-17(20-12-8-5-9-13-20)29-23(26)24-18(2)30-31(27)16-21(22(25)28-3)15-14-19-10-6-4-7-11-19/h4-13,17-18,21,31H,14-16H2,1-3H3,(H,24,26). The van der Waals surface area contributed by atoms with Crippen LogP contribution in [0.25, 0.3) is 0 Å². The van der Waals surface area contributed by atoms with E-state index in [1.54, 1.807) is 13.8 Å². The lowest BCUT2D eigenvalue weighted by atomic mass is 10.0. The number of benzene rings is 2. The van der Waals surface area contributed by atoms with Gasteiger partial charge >= 0.3 is 12.1 Å². The lowest BCUT2D eigenvalue weighted by molar-refractivity contribution is -0.144. The van der Waals surface area contributed by atoms with Crippen LogP contribution in [0.5, 0.6) is 0 Å². The van der Waals surface area contributed by atoms with Gasteiger partial charge in [0, 0.05) is 6.16 Å². The Morgan fingerprint density at radius 2 is 1.61 bits per heavy atom. The van der Waals surface area contributed by atoms with Crippen molar-refractivity contribution in [3.63, 3.8) is 0 Å². The number of hydrogen-bond donors (Lipinski definition) is 1. The summed E-state index contributed by atoms with van der Waals surface area (Å²) >= 11 is 0. The molecule has 2 aromatic rings. The van der Waals surface area contributed by atoms with Gasteiger partial charge in [0.1, 0.15) is 12.3 Å². The maximum Gasteiger partial charge on any atom is 0.409 e. The van der Waals surface area contributed by atoms with Crippen molar-refractivity contribution in [1.29, 1.82) is 0 Å². The largest absolute Gasteiger partial charge is 0.469 e. The fourth-order valence-corrected chi connectivity index (χ4v) is 4.41. The molecule has 0 bridgehead atoms. The van der Waals surface area contributed by atoms with E-state index in [-0.39, 0.29) is 6.16 Å². The minimum absolute atomic E-state index is 0.0473. The van der Waals surface area contributed by atoms with Gasteiger partial charge in [-0.2, -0.15) is 0 Å². The normalized spacial score (nSPS) is 14.7. The number of ether oxygens (including phenoxy) is 2. The summed E-state index contributed by atoms with van der Waals surface area (Å²) in [6.45, 7) is 3.32. The maximum atomic E-state index is 12.5. The van der Waals surface area contributed by atoms with Gasteiger partial charge in [-0.25, -0.2) is 4.79 Å². The number of methoxy groups -OCH3 is 1. The van der Waals surface area contributed by atoms with E-state index in [0.717, 1.165) is 11.1 Å². The van der Waals surface area contributed by atoms with Crippen LogP contribution >= 0.6 is 8.03 Å². The third-order valence-electron chi connectivity index (χ3n) is 4.75. The summed E-state index contributed by atoms with van der Waals surface area (Å²) in [6, 6.07) is 19.1. The Labute approximate surface area is 184 Å². The molecule has 0 heterocycles. The second-order valence-corrected chi connectivity index (χ2v) is 8.57.